The standard InChI is InChI=1S/C16H20N2O/c1-11-7-12(2)18(9-11)16-15-6-4-3-5-13(15)8-14(10-19)17-16/h3-6,8,11-12,19H,7,9-10H2,1-2H3. The van der Waals surface area contributed by atoms with Crippen molar-refractivity contribution in [3.8, 4) is 0 Å². The molecular formula is C16H20N2O. The molecule has 100 valence electrons. The van der Waals surface area contributed by atoms with E-state index in [0.717, 1.165) is 23.4 Å². The first-order valence-electron chi connectivity index (χ1n) is 6.95. The summed E-state index contributed by atoms with van der Waals surface area (Å²) < 4.78 is 0. The Morgan fingerprint density at radius 3 is 2.79 bits per heavy atom. The maximum atomic E-state index is 9.40. The van der Waals surface area contributed by atoms with E-state index in [1.807, 2.05) is 12.1 Å². The molecular weight excluding hydrogens is 236 g/mol. The van der Waals surface area contributed by atoms with Crippen molar-refractivity contribution < 1.29 is 5.11 Å². The number of fused-ring (bicyclic) bond motifs is 1. The molecule has 1 aromatic carbocycles. The predicted octanol–water partition coefficient (Wildman–Crippen LogP) is 2.96. The van der Waals surface area contributed by atoms with Gasteiger partial charge >= 0.3 is 0 Å². The highest BCUT2D eigenvalue weighted by Crippen LogP contribution is 2.33. The van der Waals surface area contributed by atoms with E-state index in [9.17, 15) is 5.11 Å². The number of aliphatic hydroxyl groups excluding tert-OH is 1. The van der Waals surface area contributed by atoms with Crippen LogP contribution in [0.2, 0.25) is 0 Å². The van der Waals surface area contributed by atoms with Gasteiger partial charge < -0.3 is 10.0 Å². The van der Waals surface area contributed by atoms with Gasteiger partial charge in [-0.05, 0) is 30.7 Å². The molecule has 1 aromatic heterocycles. The summed E-state index contributed by atoms with van der Waals surface area (Å²) in [5.74, 6) is 1.73. The number of benzene rings is 1. The van der Waals surface area contributed by atoms with Crippen LogP contribution in [-0.2, 0) is 6.61 Å². The number of rotatable bonds is 2. The summed E-state index contributed by atoms with van der Waals surface area (Å²) in [6, 6.07) is 10.8. The van der Waals surface area contributed by atoms with Gasteiger partial charge in [-0.25, -0.2) is 4.98 Å². The van der Waals surface area contributed by atoms with Gasteiger partial charge in [0, 0.05) is 18.0 Å². The smallest absolute Gasteiger partial charge is 0.137 e. The van der Waals surface area contributed by atoms with Crippen LogP contribution in [-0.4, -0.2) is 22.7 Å². The minimum atomic E-state index is -0.00436. The fourth-order valence-corrected chi connectivity index (χ4v) is 3.13. The maximum absolute atomic E-state index is 9.40. The van der Waals surface area contributed by atoms with Gasteiger partial charge in [0.15, 0.2) is 0 Å². The summed E-state index contributed by atoms with van der Waals surface area (Å²) in [7, 11) is 0. The van der Waals surface area contributed by atoms with E-state index in [1.165, 1.54) is 11.8 Å². The van der Waals surface area contributed by atoms with Gasteiger partial charge in [0.1, 0.15) is 5.82 Å². The molecule has 2 heterocycles. The van der Waals surface area contributed by atoms with Gasteiger partial charge in [0.2, 0.25) is 0 Å². The summed E-state index contributed by atoms with van der Waals surface area (Å²) >= 11 is 0. The summed E-state index contributed by atoms with van der Waals surface area (Å²) in [4.78, 5) is 7.04. The molecule has 0 radical (unpaired) electrons. The second-order valence-electron chi connectivity index (χ2n) is 5.66. The van der Waals surface area contributed by atoms with Crippen LogP contribution >= 0.6 is 0 Å². The van der Waals surface area contributed by atoms with Crippen LogP contribution < -0.4 is 4.90 Å². The molecule has 0 bridgehead atoms. The zero-order chi connectivity index (χ0) is 13.4. The average molecular weight is 256 g/mol. The third kappa shape index (κ3) is 2.19. The topological polar surface area (TPSA) is 36.4 Å². The molecule has 19 heavy (non-hydrogen) atoms. The molecule has 3 heteroatoms. The summed E-state index contributed by atoms with van der Waals surface area (Å²) in [5, 5.41) is 11.7. The Labute approximate surface area is 113 Å². The van der Waals surface area contributed by atoms with Crippen molar-refractivity contribution >= 4 is 16.6 Å². The molecule has 1 aliphatic rings. The lowest BCUT2D eigenvalue weighted by atomic mass is 10.1. The highest BCUT2D eigenvalue weighted by molar-refractivity contribution is 5.92. The minimum Gasteiger partial charge on any atom is -0.390 e. The van der Waals surface area contributed by atoms with Crippen molar-refractivity contribution in [1.29, 1.82) is 0 Å². The monoisotopic (exact) mass is 256 g/mol. The highest BCUT2D eigenvalue weighted by atomic mass is 16.3. The minimum absolute atomic E-state index is 0.00436. The number of aromatic nitrogens is 1. The van der Waals surface area contributed by atoms with E-state index < -0.39 is 0 Å². The third-order valence-corrected chi connectivity index (χ3v) is 3.99. The Hall–Kier alpha value is -1.61. The molecule has 1 fully saturated rings. The Balaban J connectivity index is 2.16. The largest absolute Gasteiger partial charge is 0.390 e. The molecule has 1 N–H and O–H groups in total. The lowest BCUT2D eigenvalue weighted by molar-refractivity contribution is 0.277. The Kier molecular flexibility index (Phi) is 3.15. The molecule has 0 saturated carbocycles. The second kappa shape index (κ2) is 4.82. The fourth-order valence-electron chi connectivity index (χ4n) is 3.13. The third-order valence-electron chi connectivity index (χ3n) is 3.99. The van der Waals surface area contributed by atoms with Crippen molar-refractivity contribution in [3.05, 3.63) is 36.0 Å². The zero-order valence-corrected chi connectivity index (χ0v) is 11.5. The summed E-state index contributed by atoms with van der Waals surface area (Å²) in [6.07, 6.45) is 1.21. The van der Waals surface area contributed by atoms with Gasteiger partial charge in [0.05, 0.1) is 12.3 Å². The van der Waals surface area contributed by atoms with Gasteiger partial charge in [-0.2, -0.15) is 0 Å². The molecule has 0 amide bonds. The van der Waals surface area contributed by atoms with Crippen molar-refractivity contribution in [2.24, 2.45) is 5.92 Å². The van der Waals surface area contributed by atoms with Crippen LogP contribution in [0.4, 0.5) is 5.82 Å². The van der Waals surface area contributed by atoms with Gasteiger partial charge in [-0.1, -0.05) is 31.2 Å². The van der Waals surface area contributed by atoms with Crippen LogP contribution in [0.3, 0.4) is 0 Å². The number of anilines is 1. The maximum Gasteiger partial charge on any atom is 0.137 e. The van der Waals surface area contributed by atoms with E-state index in [2.05, 4.69) is 41.9 Å². The van der Waals surface area contributed by atoms with Crippen LogP contribution in [0.15, 0.2) is 30.3 Å². The molecule has 3 nitrogen and oxygen atoms in total. The molecule has 1 aliphatic heterocycles. The number of pyridine rings is 1. The van der Waals surface area contributed by atoms with E-state index in [1.54, 1.807) is 0 Å². The van der Waals surface area contributed by atoms with E-state index in [0.29, 0.717) is 12.0 Å². The Morgan fingerprint density at radius 2 is 2.11 bits per heavy atom. The van der Waals surface area contributed by atoms with Gasteiger partial charge in [0.25, 0.3) is 0 Å². The predicted molar refractivity (Wildman–Crippen MR) is 78.3 cm³/mol. The Bertz CT molecular complexity index is 596. The first-order chi connectivity index (χ1) is 9.19. The Morgan fingerprint density at radius 1 is 1.32 bits per heavy atom. The van der Waals surface area contributed by atoms with Crippen molar-refractivity contribution in [2.75, 3.05) is 11.4 Å². The van der Waals surface area contributed by atoms with E-state index in [4.69, 9.17) is 0 Å². The lowest BCUT2D eigenvalue weighted by Crippen LogP contribution is -2.28. The van der Waals surface area contributed by atoms with Crippen LogP contribution in [0.1, 0.15) is 26.0 Å². The van der Waals surface area contributed by atoms with E-state index >= 15 is 0 Å². The number of hydrogen-bond acceptors (Lipinski definition) is 3. The summed E-state index contributed by atoms with van der Waals surface area (Å²) in [5.41, 5.74) is 0.750. The molecule has 0 aliphatic carbocycles. The normalized spacial score (nSPS) is 23.2. The van der Waals surface area contributed by atoms with Crippen molar-refractivity contribution in [2.45, 2.75) is 32.9 Å². The lowest BCUT2D eigenvalue weighted by Gasteiger charge is -2.24. The summed E-state index contributed by atoms with van der Waals surface area (Å²) in [6.45, 7) is 5.59. The first-order valence-corrected chi connectivity index (χ1v) is 6.95. The van der Waals surface area contributed by atoms with Crippen molar-refractivity contribution in [3.63, 3.8) is 0 Å². The van der Waals surface area contributed by atoms with Crippen LogP contribution in [0.5, 0.6) is 0 Å². The average Bonchev–Trinajstić information content (AvgIpc) is 2.76. The van der Waals surface area contributed by atoms with E-state index in [-0.39, 0.29) is 6.61 Å². The highest BCUT2D eigenvalue weighted by Gasteiger charge is 2.28. The fraction of sp³-hybridized carbons (Fsp3) is 0.438. The number of nitrogens with zero attached hydrogens (tertiary/aromatic N) is 2. The molecule has 1 saturated heterocycles. The zero-order valence-electron chi connectivity index (χ0n) is 11.5. The van der Waals surface area contributed by atoms with Gasteiger partial charge in [-0.15, -0.1) is 0 Å². The van der Waals surface area contributed by atoms with Crippen molar-refractivity contribution in [1.82, 2.24) is 4.98 Å². The SMILES string of the molecule is CC1CC(C)N(c2nc(CO)cc3ccccc23)C1. The number of hydrogen-bond donors (Lipinski definition) is 1. The molecule has 2 atom stereocenters. The van der Waals surface area contributed by atoms with Crippen LogP contribution in [0, 0.1) is 5.92 Å². The quantitative estimate of drug-likeness (QED) is 0.897. The van der Waals surface area contributed by atoms with Crippen LogP contribution in [0.25, 0.3) is 10.8 Å². The molecule has 2 unspecified atom stereocenters. The molecule has 3 rings (SSSR count). The molecule has 0 spiro atoms. The second-order valence-corrected chi connectivity index (χ2v) is 5.66. The van der Waals surface area contributed by atoms with Gasteiger partial charge in [-0.3, -0.25) is 0 Å². The number of aliphatic hydroxyl groups is 1. The first kappa shape index (κ1) is 12.4. The molecule has 2 aromatic rings.